The molecule has 1 atom stereocenters. The molecule has 6 nitrogen and oxygen atoms in total. The Kier molecular flexibility index (Phi) is 6.42. The van der Waals surface area contributed by atoms with Crippen LogP contribution >= 0.6 is 0 Å². The monoisotopic (exact) mass is 464 g/mol. The first kappa shape index (κ1) is 22.9. The number of benzene rings is 3. The third-order valence-electron chi connectivity index (χ3n) is 5.80. The van der Waals surface area contributed by atoms with Crippen molar-refractivity contribution >= 4 is 27.3 Å². The summed E-state index contributed by atoms with van der Waals surface area (Å²) in [5.41, 5.74) is 3.39. The van der Waals surface area contributed by atoms with Gasteiger partial charge in [0.25, 0.3) is 10.0 Å². The van der Waals surface area contributed by atoms with E-state index in [0.29, 0.717) is 18.0 Å². The lowest BCUT2D eigenvalue weighted by atomic mass is 10.1. The average molecular weight is 465 g/mol. The van der Waals surface area contributed by atoms with Gasteiger partial charge in [0.15, 0.2) is 0 Å². The molecule has 0 unspecified atom stereocenters. The minimum absolute atomic E-state index is 0.0389. The number of sulfonamides is 1. The molecule has 172 valence electrons. The zero-order valence-electron chi connectivity index (χ0n) is 19.1. The minimum atomic E-state index is -3.99. The van der Waals surface area contributed by atoms with Crippen molar-refractivity contribution in [3.8, 4) is 5.75 Å². The molecule has 1 heterocycles. The highest BCUT2D eigenvalue weighted by molar-refractivity contribution is 7.92. The molecule has 0 fully saturated rings. The van der Waals surface area contributed by atoms with Gasteiger partial charge < -0.3 is 9.64 Å². The summed E-state index contributed by atoms with van der Waals surface area (Å²) in [5, 5.41) is 0. The summed E-state index contributed by atoms with van der Waals surface area (Å²) in [4.78, 5) is 15.3. The van der Waals surface area contributed by atoms with Crippen LogP contribution in [0, 0.1) is 6.92 Å². The number of aryl methyl sites for hydroxylation is 1. The maximum absolute atomic E-state index is 13.7. The number of para-hydroxylation sites is 1. The number of amides is 1. The molecule has 1 aliphatic heterocycles. The Bertz CT molecular complexity index is 1240. The van der Waals surface area contributed by atoms with Crippen LogP contribution in [-0.4, -0.2) is 33.5 Å². The number of ether oxygens (including phenoxy) is 1. The van der Waals surface area contributed by atoms with Gasteiger partial charge in [-0.25, -0.2) is 8.42 Å². The van der Waals surface area contributed by atoms with Crippen LogP contribution in [0.1, 0.15) is 25.0 Å². The zero-order valence-corrected chi connectivity index (χ0v) is 19.9. The Labute approximate surface area is 195 Å². The SMILES string of the molecule is CCOc1ccc(S(=O)(=O)N(CC(=O)N2c3ccccc3C[C@@H]2C)c2ccc(C)cc2)cc1. The number of carbonyl (C=O) groups is 1. The molecule has 3 aromatic carbocycles. The van der Waals surface area contributed by atoms with Gasteiger partial charge in [-0.15, -0.1) is 0 Å². The van der Waals surface area contributed by atoms with E-state index in [0.717, 1.165) is 23.2 Å². The highest BCUT2D eigenvalue weighted by Crippen LogP contribution is 2.33. The van der Waals surface area contributed by atoms with Gasteiger partial charge >= 0.3 is 0 Å². The largest absolute Gasteiger partial charge is 0.494 e. The quantitative estimate of drug-likeness (QED) is 0.514. The van der Waals surface area contributed by atoms with Crippen LogP contribution in [0.3, 0.4) is 0 Å². The van der Waals surface area contributed by atoms with Crippen molar-refractivity contribution in [3.05, 3.63) is 83.9 Å². The van der Waals surface area contributed by atoms with Crippen LogP contribution in [0.5, 0.6) is 5.75 Å². The van der Waals surface area contributed by atoms with Crippen LogP contribution in [0.4, 0.5) is 11.4 Å². The van der Waals surface area contributed by atoms with E-state index in [4.69, 9.17) is 4.74 Å². The Morgan fingerprint density at radius 2 is 1.70 bits per heavy atom. The van der Waals surface area contributed by atoms with Crippen molar-refractivity contribution in [2.75, 3.05) is 22.4 Å². The van der Waals surface area contributed by atoms with Crippen molar-refractivity contribution in [2.45, 2.75) is 38.1 Å². The second-order valence-electron chi connectivity index (χ2n) is 8.20. The van der Waals surface area contributed by atoms with Crippen molar-refractivity contribution in [2.24, 2.45) is 0 Å². The third kappa shape index (κ3) is 4.59. The fourth-order valence-electron chi connectivity index (χ4n) is 4.17. The number of carbonyl (C=O) groups excluding carboxylic acids is 1. The summed E-state index contributed by atoms with van der Waals surface area (Å²) >= 11 is 0. The lowest BCUT2D eigenvalue weighted by molar-refractivity contribution is -0.117. The molecule has 0 aliphatic carbocycles. The second-order valence-corrected chi connectivity index (χ2v) is 10.1. The van der Waals surface area contributed by atoms with Crippen LogP contribution < -0.4 is 13.9 Å². The van der Waals surface area contributed by atoms with E-state index in [-0.39, 0.29) is 23.4 Å². The van der Waals surface area contributed by atoms with Gasteiger partial charge in [0.2, 0.25) is 5.91 Å². The predicted octanol–water partition coefficient (Wildman–Crippen LogP) is 4.57. The summed E-state index contributed by atoms with van der Waals surface area (Å²) < 4.78 is 34.0. The molecule has 33 heavy (non-hydrogen) atoms. The predicted molar refractivity (Wildman–Crippen MR) is 130 cm³/mol. The molecule has 0 bridgehead atoms. The maximum Gasteiger partial charge on any atom is 0.264 e. The van der Waals surface area contributed by atoms with Crippen LogP contribution in [-0.2, 0) is 21.2 Å². The smallest absolute Gasteiger partial charge is 0.264 e. The van der Waals surface area contributed by atoms with Crippen molar-refractivity contribution < 1.29 is 17.9 Å². The normalized spacial score (nSPS) is 15.2. The van der Waals surface area contributed by atoms with Crippen LogP contribution in [0.2, 0.25) is 0 Å². The van der Waals surface area contributed by atoms with Gasteiger partial charge in [-0.1, -0.05) is 35.9 Å². The molecule has 0 radical (unpaired) electrons. The summed E-state index contributed by atoms with van der Waals surface area (Å²) in [7, 11) is -3.99. The first-order valence-corrected chi connectivity index (χ1v) is 12.5. The van der Waals surface area contributed by atoms with E-state index in [2.05, 4.69) is 0 Å². The zero-order chi connectivity index (χ0) is 23.6. The summed E-state index contributed by atoms with van der Waals surface area (Å²) in [6, 6.07) is 21.2. The lowest BCUT2D eigenvalue weighted by Gasteiger charge is -2.29. The molecule has 1 amide bonds. The molecule has 4 rings (SSSR count). The molecule has 7 heteroatoms. The van der Waals surface area contributed by atoms with E-state index in [1.807, 2.05) is 57.2 Å². The summed E-state index contributed by atoms with van der Waals surface area (Å²) in [6.45, 7) is 5.98. The van der Waals surface area contributed by atoms with Gasteiger partial charge in [-0.05, 0) is 75.2 Å². The van der Waals surface area contributed by atoms with E-state index in [1.54, 1.807) is 29.2 Å². The number of anilines is 2. The van der Waals surface area contributed by atoms with E-state index in [1.165, 1.54) is 16.4 Å². The molecule has 0 spiro atoms. The molecule has 1 aliphatic rings. The van der Waals surface area contributed by atoms with Gasteiger partial charge in [-0.2, -0.15) is 0 Å². The maximum atomic E-state index is 13.7. The number of nitrogens with zero attached hydrogens (tertiary/aromatic N) is 2. The molecule has 3 aromatic rings. The van der Waals surface area contributed by atoms with Gasteiger partial charge in [0.05, 0.1) is 17.2 Å². The van der Waals surface area contributed by atoms with Crippen molar-refractivity contribution in [3.63, 3.8) is 0 Å². The minimum Gasteiger partial charge on any atom is -0.494 e. The van der Waals surface area contributed by atoms with Crippen LogP contribution in [0.15, 0.2) is 77.7 Å². The number of rotatable bonds is 7. The second kappa shape index (κ2) is 9.27. The van der Waals surface area contributed by atoms with Gasteiger partial charge in [-0.3, -0.25) is 9.10 Å². The Morgan fingerprint density at radius 3 is 2.36 bits per heavy atom. The number of hydrogen-bond acceptors (Lipinski definition) is 4. The standard InChI is InChI=1S/C26H28N2O4S/c1-4-32-23-13-15-24(16-14-23)33(30,31)27(22-11-9-19(2)10-12-22)18-26(29)28-20(3)17-21-7-5-6-8-25(21)28/h5-16,20H,4,17-18H2,1-3H3/t20-/m0/s1. The fourth-order valence-corrected chi connectivity index (χ4v) is 5.59. The van der Waals surface area contributed by atoms with E-state index < -0.39 is 10.0 Å². The Balaban J connectivity index is 1.70. The number of hydrogen-bond donors (Lipinski definition) is 0. The summed E-state index contributed by atoms with van der Waals surface area (Å²) in [5.74, 6) is 0.333. The molecule has 0 saturated heterocycles. The van der Waals surface area contributed by atoms with E-state index in [9.17, 15) is 13.2 Å². The van der Waals surface area contributed by atoms with Gasteiger partial charge in [0, 0.05) is 11.7 Å². The summed E-state index contributed by atoms with van der Waals surface area (Å²) in [6.07, 6.45) is 0.748. The fraction of sp³-hybridized carbons (Fsp3) is 0.269. The number of fused-ring (bicyclic) bond motifs is 1. The topological polar surface area (TPSA) is 66.9 Å². The Hall–Kier alpha value is -3.32. The Morgan fingerprint density at radius 1 is 1.03 bits per heavy atom. The van der Waals surface area contributed by atoms with Gasteiger partial charge in [0.1, 0.15) is 12.3 Å². The lowest BCUT2D eigenvalue weighted by Crippen LogP contribution is -2.45. The first-order valence-electron chi connectivity index (χ1n) is 11.0. The molecular formula is C26H28N2O4S. The molecule has 0 aromatic heterocycles. The third-order valence-corrected chi connectivity index (χ3v) is 7.59. The van der Waals surface area contributed by atoms with Crippen LogP contribution in [0.25, 0.3) is 0 Å². The first-order chi connectivity index (χ1) is 15.8. The van der Waals surface area contributed by atoms with Crippen molar-refractivity contribution in [1.29, 1.82) is 0 Å². The highest BCUT2D eigenvalue weighted by atomic mass is 32.2. The molecule has 0 N–H and O–H groups in total. The van der Waals surface area contributed by atoms with E-state index >= 15 is 0 Å². The highest BCUT2D eigenvalue weighted by Gasteiger charge is 2.34. The average Bonchev–Trinajstić information content (AvgIpc) is 3.14. The van der Waals surface area contributed by atoms with Crippen molar-refractivity contribution in [1.82, 2.24) is 0 Å². The molecule has 0 saturated carbocycles. The molecular weight excluding hydrogens is 436 g/mol.